The molecule has 0 spiro atoms. The summed E-state index contributed by atoms with van der Waals surface area (Å²) in [4.78, 5) is 26.6. The highest BCUT2D eigenvalue weighted by Crippen LogP contribution is 2.29. The van der Waals surface area contributed by atoms with E-state index in [2.05, 4.69) is 0 Å². The van der Waals surface area contributed by atoms with Crippen molar-refractivity contribution < 1.29 is 9.53 Å². The summed E-state index contributed by atoms with van der Waals surface area (Å²) in [5, 5.41) is 1.07. The molecule has 0 radical (unpaired) electrons. The zero-order chi connectivity index (χ0) is 18.1. The van der Waals surface area contributed by atoms with Crippen molar-refractivity contribution in [2.24, 2.45) is 5.92 Å². The molecule has 1 aromatic heterocycles. The van der Waals surface area contributed by atoms with Crippen LogP contribution in [0.3, 0.4) is 0 Å². The van der Waals surface area contributed by atoms with Crippen LogP contribution in [0.5, 0.6) is 5.75 Å². The second-order valence-corrected chi connectivity index (χ2v) is 7.63. The zero-order valence-corrected chi connectivity index (χ0v) is 15.4. The Labute approximate surface area is 153 Å². The minimum Gasteiger partial charge on any atom is -0.484 e. The Morgan fingerprint density at radius 3 is 2.62 bits per heavy atom. The van der Waals surface area contributed by atoms with Gasteiger partial charge in [0.25, 0.3) is 11.5 Å². The number of pyridine rings is 1. The average Bonchev–Trinajstić information content (AvgIpc) is 3.12. The van der Waals surface area contributed by atoms with Crippen LogP contribution in [0.1, 0.15) is 37.7 Å². The molecule has 26 heavy (non-hydrogen) atoms. The molecule has 138 valence electrons. The highest BCUT2D eigenvalue weighted by molar-refractivity contribution is 5.84. The van der Waals surface area contributed by atoms with Crippen LogP contribution in [0.2, 0.25) is 0 Å². The number of rotatable bonds is 5. The molecule has 1 saturated heterocycles. The van der Waals surface area contributed by atoms with Gasteiger partial charge < -0.3 is 14.2 Å². The minimum atomic E-state index is 0.0405. The number of hydrogen-bond acceptors (Lipinski definition) is 3. The molecule has 0 atom stereocenters. The Morgan fingerprint density at radius 1 is 1.15 bits per heavy atom. The lowest BCUT2D eigenvalue weighted by atomic mass is 9.85. The number of ether oxygens (including phenoxy) is 1. The first kappa shape index (κ1) is 17.1. The molecule has 4 rings (SSSR count). The molecule has 1 aliphatic heterocycles. The van der Waals surface area contributed by atoms with E-state index in [4.69, 9.17) is 4.74 Å². The Balaban J connectivity index is 1.59. The largest absolute Gasteiger partial charge is 0.484 e. The van der Waals surface area contributed by atoms with Crippen molar-refractivity contribution in [3.63, 3.8) is 0 Å². The SMILES string of the molecule is Cc1cc(=O)n(CC2CCC2)c2cc(OCC(=O)N3CCCC3)ccc12. The number of aromatic nitrogens is 1. The highest BCUT2D eigenvalue weighted by atomic mass is 16.5. The van der Waals surface area contributed by atoms with E-state index in [-0.39, 0.29) is 18.1 Å². The van der Waals surface area contributed by atoms with Gasteiger partial charge in [0.15, 0.2) is 6.61 Å². The smallest absolute Gasteiger partial charge is 0.260 e. The van der Waals surface area contributed by atoms with E-state index in [1.807, 2.05) is 34.6 Å². The second kappa shape index (κ2) is 7.14. The number of carbonyl (C=O) groups excluding carboxylic acids is 1. The van der Waals surface area contributed by atoms with Gasteiger partial charge in [-0.3, -0.25) is 9.59 Å². The van der Waals surface area contributed by atoms with Gasteiger partial charge in [-0.15, -0.1) is 0 Å². The van der Waals surface area contributed by atoms with Gasteiger partial charge in [0.05, 0.1) is 5.52 Å². The third kappa shape index (κ3) is 3.35. The van der Waals surface area contributed by atoms with Gasteiger partial charge in [-0.05, 0) is 56.2 Å². The fourth-order valence-corrected chi connectivity index (χ4v) is 3.94. The maximum atomic E-state index is 12.5. The van der Waals surface area contributed by atoms with Crippen molar-refractivity contribution in [2.75, 3.05) is 19.7 Å². The number of nitrogens with zero attached hydrogens (tertiary/aromatic N) is 2. The Morgan fingerprint density at radius 2 is 1.92 bits per heavy atom. The van der Waals surface area contributed by atoms with Crippen molar-refractivity contribution in [2.45, 2.75) is 45.6 Å². The minimum absolute atomic E-state index is 0.0405. The third-order valence-corrected chi connectivity index (χ3v) is 5.78. The fourth-order valence-electron chi connectivity index (χ4n) is 3.94. The molecule has 0 N–H and O–H groups in total. The first-order valence-corrected chi connectivity index (χ1v) is 9.66. The van der Waals surface area contributed by atoms with Crippen LogP contribution < -0.4 is 10.3 Å². The van der Waals surface area contributed by atoms with Crippen molar-refractivity contribution >= 4 is 16.8 Å². The van der Waals surface area contributed by atoms with Crippen LogP contribution in [0.15, 0.2) is 29.1 Å². The first-order chi connectivity index (χ1) is 12.6. The number of carbonyl (C=O) groups is 1. The van der Waals surface area contributed by atoms with E-state index in [0.717, 1.165) is 48.9 Å². The summed E-state index contributed by atoms with van der Waals surface area (Å²) in [5.41, 5.74) is 1.94. The fraction of sp³-hybridized carbons (Fsp3) is 0.524. The van der Waals surface area contributed by atoms with Gasteiger partial charge in [-0.1, -0.05) is 6.42 Å². The summed E-state index contributed by atoms with van der Waals surface area (Å²) < 4.78 is 7.64. The summed E-state index contributed by atoms with van der Waals surface area (Å²) in [5.74, 6) is 1.29. The summed E-state index contributed by atoms with van der Waals surface area (Å²) in [7, 11) is 0. The molecule has 1 aliphatic carbocycles. The standard InChI is InChI=1S/C21H26N2O3/c1-15-11-20(24)23(13-16-5-4-6-16)19-12-17(7-8-18(15)19)26-14-21(25)22-9-2-3-10-22/h7-8,11-12,16H,2-6,9-10,13-14H2,1H3. The molecule has 0 bridgehead atoms. The predicted molar refractivity (Wildman–Crippen MR) is 102 cm³/mol. The maximum absolute atomic E-state index is 12.5. The number of amides is 1. The van der Waals surface area contributed by atoms with Crippen molar-refractivity contribution in [1.82, 2.24) is 9.47 Å². The Hall–Kier alpha value is -2.30. The first-order valence-electron chi connectivity index (χ1n) is 9.66. The van der Waals surface area contributed by atoms with E-state index in [9.17, 15) is 9.59 Å². The van der Waals surface area contributed by atoms with Crippen molar-refractivity contribution in [1.29, 1.82) is 0 Å². The normalized spacial score (nSPS) is 17.5. The van der Waals surface area contributed by atoms with Crippen molar-refractivity contribution in [3.05, 3.63) is 40.2 Å². The van der Waals surface area contributed by atoms with Crippen LogP contribution in [-0.4, -0.2) is 35.1 Å². The maximum Gasteiger partial charge on any atom is 0.260 e. The lowest BCUT2D eigenvalue weighted by Crippen LogP contribution is -2.32. The zero-order valence-electron chi connectivity index (χ0n) is 15.4. The van der Waals surface area contributed by atoms with Gasteiger partial charge in [0.1, 0.15) is 5.75 Å². The molecule has 2 fully saturated rings. The summed E-state index contributed by atoms with van der Waals surface area (Å²) in [6.07, 6.45) is 5.81. The topological polar surface area (TPSA) is 51.5 Å². The van der Waals surface area contributed by atoms with Crippen LogP contribution in [0, 0.1) is 12.8 Å². The highest BCUT2D eigenvalue weighted by Gasteiger charge is 2.20. The molecule has 2 aliphatic rings. The van der Waals surface area contributed by atoms with E-state index < -0.39 is 0 Å². The van der Waals surface area contributed by atoms with Crippen LogP contribution in [0.25, 0.3) is 10.9 Å². The van der Waals surface area contributed by atoms with Gasteiger partial charge >= 0.3 is 0 Å². The molecule has 1 saturated carbocycles. The van der Waals surface area contributed by atoms with E-state index >= 15 is 0 Å². The molecular weight excluding hydrogens is 328 g/mol. The molecular formula is C21H26N2O3. The Kier molecular flexibility index (Phi) is 4.70. The van der Waals surface area contributed by atoms with Gasteiger partial charge in [-0.25, -0.2) is 0 Å². The monoisotopic (exact) mass is 354 g/mol. The number of hydrogen-bond donors (Lipinski definition) is 0. The molecule has 5 heteroatoms. The third-order valence-electron chi connectivity index (χ3n) is 5.78. The molecule has 2 heterocycles. The van der Waals surface area contributed by atoms with Crippen LogP contribution in [0.4, 0.5) is 0 Å². The molecule has 0 unspecified atom stereocenters. The van der Waals surface area contributed by atoms with E-state index in [1.54, 1.807) is 6.07 Å². The quantitative estimate of drug-likeness (QED) is 0.829. The summed E-state index contributed by atoms with van der Waals surface area (Å²) in [6, 6.07) is 7.53. The molecule has 1 amide bonds. The van der Waals surface area contributed by atoms with Crippen LogP contribution >= 0.6 is 0 Å². The molecule has 1 aromatic carbocycles. The molecule has 2 aromatic rings. The van der Waals surface area contributed by atoms with E-state index in [0.29, 0.717) is 11.7 Å². The van der Waals surface area contributed by atoms with E-state index in [1.165, 1.54) is 19.3 Å². The summed E-state index contributed by atoms with van der Waals surface area (Å²) >= 11 is 0. The predicted octanol–water partition coefficient (Wildman–Crippen LogP) is 3.11. The lowest BCUT2D eigenvalue weighted by molar-refractivity contribution is -0.132. The Bertz CT molecular complexity index is 877. The lowest BCUT2D eigenvalue weighted by Gasteiger charge is -2.27. The summed E-state index contributed by atoms with van der Waals surface area (Å²) in [6.45, 7) is 4.46. The average molecular weight is 354 g/mol. The van der Waals surface area contributed by atoms with Gasteiger partial charge in [-0.2, -0.15) is 0 Å². The van der Waals surface area contributed by atoms with Crippen molar-refractivity contribution in [3.8, 4) is 5.75 Å². The second-order valence-electron chi connectivity index (χ2n) is 7.63. The number of likely N-dealkylation sites (tertiary alicyclic amines) is 1. The van der Waals surface area contributed by atoms with Gasteiger partial charge in [0.2, 0.25) is 0 Å². The number of aryl methyl sites for hydroxylation is 1. The van der Waals surface area contributed by atoms with Gasteiger partial charge in [0, 0.05) is 37.2 Å². The van der Waals surface area contributed by atoms with Crippen LogP contribution in [-0.2, 0) is 11.3 Å². The number of fused-ring (bicyclic) bond motifs is 1. The number of benzene rings is 1. The molecule has 5 nitrogen and oxygen atoms in total.